The van der Waals surface area contributed by atoms with Crippen molar-refractivity contribution in [2.75, 3.05) is 11.9 Å². The van der Waals surface area contributed by atoms with Crippen LogP contribution in [0.3, 0.4) is 0 Å². The zero-order valence-electron chi connectivity index (χ0n) is 11.3. The maximum Gasteiger partial charge on any atom is 0.117 e. The Labute approximate surface area is 110 Å². The van der Waals surface area contributed by atoms with Crippen LogP contribution in [0.5, 0.6) is 0 Å². The molecule has 94 valence electrons. The summed E-state index contributed by atoms with van der Waals surface area (Å²) in [6.45, 7) is 4.13. The predicted octanol–water partition coefficient (Wildman–Crippen LogP) is 4.13. The molecule has 0 amide bonds. The number of nitrogens with zero attached hydrogens (tertiary/aromatic N) is 2. The van der Waals surface area contributed by atoms with Gasteiger partial charge in [0.25, 0.3) is 0 Å². The molecule has 2 nitrogen and oxygen atoms in total. The van der Waals surface area contributed by atoms with Crippen LogP contribution in [0.15, 0.2) is 54.3 Å². The number of allylic oxidation sites excluding steroid dienone is 4. The molecule has 0 aliphatic heterocycles. The molecule has 1 aromatic rings. The van der Waals surface area contributed by atoms with Gasteiger partial charge < -0.3 is 4.90 Å². The summed E-state index contributed by atoms with van der Waals surface area (Å²) in [6.07, 6.45) is 7.17. The molecule has 0 radical (unpaired) electrons. The molecular formula is C16H20N2. The van der Waals surface area contributed by atoms with Gasteiger partial charge in [-0.25, -0.2) is 0 Å². The lowest BCUT2D eigenvalue weighted by molar-refractivity contribution is 0.765. The summed E-state index contributed by atoms with van der Waals surface area (Å²) in [4.78, 5) is 1.92. The van der Waals surface area contributed by atoms with Crippen molar-refractivity contribution in [1.29, 1.82) is 5.26 Å². The standard InChI is InChI=1S/C16H20N2/c1-4-9-14(5-2)12-16(13-17)18(3)15-10-7-6-8-11-15/h4,6-12,14H,5H2,1-3H3/b9-4+,16-12-. The lowest BCUT2D eigenvalue weighted by Gasteiger charge is -2.19. The lowest BCUT2D eigenvalue weighted by atomic mass is 10.0. The van der Waals surface area contributed by atoms with E-state index in [1.54, 1.807) is 0 Å². The van der Waals surface area contributed by atoms with Gasteiger partial charge in [0.15, 0.2) is 0 Å². The molecule has 0 spiro atoms. The van der Waals surface area contributed by atoms with Gasteiger partial charge in [-0.05, 0) is 37.5 Å². The maximum absolute atomic E-state index is 9.29. The van der Waals surface area contributed by atoms with Crippen LogP contribution in [-0.2, 0) is 0 Å². The first-order valence-corrected chi connectivity index (χ1v) is 6.26. The van der Waals surface area contributed by atoms with Gasteiger partial charge in [-0.2, -0.15) is 5.26 Å². The first kappa shape index (κ1) is 14.1. The van der Waals surface area contributed by atoms with Crippen molar-refractivity contribution >= 4 is 5.69 Å². The van der Waals surface area contributed by atoms with E-state index in [0.29, 0.717) is 11.6 Å². The van der Waals surface area contributed by atoms with Crippen LogP contribution in [0.4, 0.5) is 5.69 Å². The van der Waals surface area contributed by atoms with Gasteiger partial charge in [-0.15, -0.1) is 0 Å². The van der Waals surface area contributed by atoms with Crippen molar-refractivity contribution in [1.82, 2.24) is 0 Å². The predicted molar refractivity (Wildman–Crippen MR) is 77.1 cm³/mol. The van der Waals surface area contributed by atoms with Gasteiger partial charge in [-0.1, -0.05) is 37.3 Å². The largest absolute Gasteiger partial charge is 0.336 e. The average molecular weight is 240 g/mol. The molecule has 0 aliphatic carbocycles. The van der Waals surface area contributed by atoms with Crippen molar-refractivity contribution in [2.45, 2.75) is 20.3 Å². The molecule has 0 aromatic heterocycles. The Morgan fingerprint density at radius 2 is 2.06 bits per heavy atom. The third kappa shape index (κ3) is 3.78. The second kappa shape index (κ2) is 7.34. The fraction of sp³-hybridized carbons (Fsp3) is 0.312. The third-order valence-corrected chi connectivity index (χ3v) is 2.90. The normalized spacial score (nSPS) is 13.3. The molecule has 1 atom stereocenters. The van der Waals surface area contributed by atoms with Crippen LogP contribution >= 0.6 is 0 Å². The summed E-state index contributed by atoms with van der Waals surface area (Å²) in [6, 6.07) is 12.2. The lowest BCUT2D eigenvalue weighted by Crippen LogP contribution is -2.16. The van der Waals surface area contributed by atoms with Crippen LogP contribution in [0.1, 0.15) is 20.3 Å². The summed E-state index contributed by atoms with van der Waals surface area (Å²) in [5, 5.41) is 9.29. The minimum absolute atomic E-state index is 0.316. The minimum atomic E-state index is 0.316. The molecule has 1 unspecified atom stereocenters. The molecule has 1 rings (SSSR count). The summed E-state index contributed by atoms with van der Waals surface area (Å²) in [5.41, 5.74) is 1.71. The molecule has 0 saturated heterocycles. The Hall–Kier alpha value is -2.01. The second-order valence-electron chi connectivity index (χ2n) is 4.16. The van der Waals surface area contributed by atoms with E-state index in [-0.39, 0.29) is 0 Å². The molecule has 0 bridgehead atoms. The summed E-state index contributed by atoms with van der Waals surface area (Å²) < 4.78 is 0. The zero-order chi connectivity index (χ0) is 13.4. The van der Waals surface area contributed by atoms with Gasteiger partial charge in [0.05, 0.1) is 0 Å². The topological polar surface area (TPSA) is 27.0 Å². The van der Waals surface area contributed by atoms with Crippen molar-refractivity contribution in [2.24, 2.45) is 5.92 Å². The van der Waals surface area contributed by atoms with Crippen LogP contribution < -0.4 is 4.90 Å². The van der Waals surface area contributed by atoms with E-state index in [9.17, 15) is 5.26 Å². The Balaban J connectivity index is 2.97. The fourth-order valence-corrected chi connectivity index (χ4v) is 1.77. The van der Waals surface area contributed by atoms with Gasteiger partial charge >= 0.3 is 0 Å². The van der Waals surface area contributed by atoms with E-state index in [0.717, 1.165) is 12.1 Å². The molecule has 0 fully saturated rings. The summed E-state index contributed by atoms with van der Waals surface area (Å²) in [7, 11) is 1.92. The minimum Gasteiger partial charge on any atom is -0.336 e. The van der Waals surface area contributed by atoms with Crippen molar-refractivity contribution < 1.29 is 0 Å². The molecule has 0 heterocycles. The number of nitriles is 1. The monoisotopic (exact) mass is 240 g/mol. The molecular weight excluding hydrogens is 220 g/mol. The molecule has 18 heavy (non-hydrogen) atoms. The molecule has 2 heteroatoms. The Morgan fingerprint density at radius 3 is 2.56 bits per heavy atom. The van der Waals surface area contributed by atoms with Crippen LogP contribution in [0, 0.1) is 17.2 Å². The maximum atomic E-state index is 9.29. The van der Waals surface area contributed by atoms with E-state index in [4.69, 9.17) is 0 Å². The number of para-hydroxylation sites is 1. The van der Waals surface area contributed by atoms with Crippen LogP contribution in [0.25, 0.3) is 0 Å². The van der Waals surface area contributed by atoms with Gasteiger partial charge in [0.1, 0.15) is 11.8 Å². The van der Waals surface area contributed by atoms with Gasteiger partial charge in [0, 0.05) is 12.7 Å². The molecule has 1 aromatic carbocycles. The van der Waals surface area contributed by atoms with E-state index in [1.807, 2.05) is 61.4 Å². The highest BCUT2D eigenvalue weighted by Gasteiger charge is 2.08. The molecule has 0 aliphatic rings. The van der Waals surface area contributed by atoms with Crippen LogP contribution in [-0.4, -0.2) is 7.05 Å². The number of hydrogen-bond acceptors (Lipinski definition) is 2. The highest BCUT2D eigenvalue weighted by atomic mass is 15.1. The fourth-order valence-electron chi connectivity index (χ4n) is 1.77. The Bertz CT molecular complexity index is 452. The zero-order valence-corrected chi connectivity index (χ0v) is 11.3. The van der Waals surface area contributed by atoms with Crippen LogP contribution in [0.2, 0.25) is 0 Å². The first-order valence-electron chi connectivity index (χ1n) is 6.26. The van der Waals surface area contributed by atoms with Gasteiger partial charge in [0.2, 0.25) is 0 Å². The van der Waals surface area contributed by atoms with Crippen molar-refractivity contribution in [3.05, 3.63) is 54.3 Å². The highest BCUT2D eigenvalue weighted by Crippen LogP contribution is 2.18. The van der Waals surface area contributed by atoms with Crippen molar-refractivity contribution in [3.63, 3.8) is 0 Å². The van der Waals surface area contributed by atoms with E-state index in [1.165, 1.54) is 0 Å². The highest BCUT2D eigenvalue weighted by molar-refractivity contribution is 5.54. The smallest absolute Gasteiger partial charge is 0.117 e. The van der Waals surface area contributed by atoms with E-state index >= 15 is 0 Å². The second-order valence-corrected chi connectivity index (χ2v) is 4.16. The molecule has 0 N–H and O–H groups in total. The SMILES string of the molecule is C/C=C/C(/C=C(/C#N)N(C)c1ccccc1)CC. The van der Waals surface area contributed by atoms with Gasteiger partial charge in [-0.3, -0.25) is 0 Å². The summed E-state index contributed by atoms with van der Waals surface area (Å²) in [5.74, 6) is 0.316. The quantitative estimate of drug-likeness (QED) is 0.571. The first-order chi connectivity index (χ1) is 8.72. The van der Waals surface area contributed by atoms with Crippen molar-refractivity contribution in [3.8, 4) is 6.07 Å². The third-order valence-electron chi connectivity index (χ3n) is 2.90. The number of rotatable bonds is 5. The number of benzene rings is 1. The number of hydrogen-bond donors (Lipinski definition) is 0. The van der Waals surface area contributed by atoms with E-state index in [2.05, 4.69) is 19.1 Å². The molecule has 0 saturated carbocycles. The average Bonchev–Trinajstić information content (AvgIpc) is 2.43. The Kier molecular flexibility index (Phi) is 5.73. The Morgan fingerprint density at radius 1 is 1.39 bits per heavy atom. The van der Waals surface area contributed by atoms with E-state index < -0.39 is 0 Å². The summed E-state index contributed by atoms with van der Waals surface area (Å²) >= 11 is 0. The number of anilines is 1.